The number of hydroxylamine groups is 2. The van der Waals surface area contributed by atoms with E-state index in [1.165, 1.54) is 27.5 Å². The summed E-state index contributed by atoms with van der Waals surface area (Å²) >= 11 is 0. The largest absolute Gasteiger partial charge is 0.294 e. The van der Waals surface area contributed by atoms with Gasteiger partial charge in [-0.05, 0) is 27.5 Å². The zero-order valence-electron chi connectivity index (χ0n) is 13.8. The van der Waals surface area contributed by atoms with Crippen LogP contribution in [0.2, 0.25) is 0 Å². The zero-order valence-corrected chi connectivity index (χ0v) is 13.8. The first-order chi connectivity index (χ1) is 11.3. The minimum Gasteiger partial charge on any atom is -0.294 e. The van der Waals surface area contributed by atoms with Crippen molar-refractivity contribution in [2.24, 2.45) is 0 Å². The maximum atomic E-state index is 6.03. The molecular formula is C21H23NO. The Bertz CT molecular complexity index is 763. The van der Waals surface area contributed by atoms with E-state index in [4.69, 9.17) is 4.84 Å². The summed E-state index contributed by atoms with van der Waals surface area (Å²) in [7, 11) is 0. The van der Waals surface area contributed by atoms with Gasteiger partial charge in [0.1, 0.15) is 0 Å². The molecule has 0 aliphatic rings. The molecule has 0 saturated heterocycles. The molecule has 0 N–H and O–H groups in total. The Balaban J connectivity index is 2.07. The summed E-state index contributed by atoms with van der Waals surface area (Å²) in [6.07, 6.45) is 0. The van der Waals surface area contributed by atoms with Gasteiger partial charge in [0.2, 0.25) is 0 Å². The van der Waals surface area contributed by atoms with Crippen molar-refractivity contribution in [1.82, 2.24) is 5.06 Å². The molecular weight excluding hydrogens is 282 g/mol. The highest BCUT2D eigenvalue weighted by molar-refractivity contribution is 5.91. The van der Waals surface area contributed by atoms with E-state index in [0.29, 0.717) is 6.61 Å². The van der Waals surface area contributed by atoms with Crippen LogP contribution >= 0.6 is 0 Å². The molecule has 0 aliphatic carbocycles. The Hall–Kier alpha value is -2.16. The van der Waals surface area contributed by atoms with Gasteiger partial charge >= 0.3 is 0 Å². The molecule has 0 unspecified atom stereocenters. The molecule has 0 aliphatic heterocycles. The van der Waals surface area contributed by atoms with Crippen molar-refractivity contribution in [1.29, 1.82) is 0 Å². The van der Waals surface area contributed by atoms with Gasteiger partial charge in [-0.15, -0.1) is 0 Å². The first kappa shape index (κ1) is 15.7. The molecule has 0 heterocycles. The third kappa shape index (κ3) is 3.44. The van der Waals surface area contributed by atoms with Crippen molar-refractivity contribution in [2.75, 3.05) is 13.1 Å². The van der Waals surface area contributed by atoms with Crippen LogP contribution in [-0.2, 0) is 11.4 Å². The van der Waals surface area contributed by atoms with E-state index in [1.807, 2.05) is 5.06 Å². The fraction of sp³-hybridized carbons (Fsp3) is 0.238. The summed E-state index contributed by atoms with van der Waals surface area (Å²) in [6.45, 7) is 6.60. The predicted molar refractivity (Wildman–Crippen MR) is 97.1 cm³/mol. The first-order valence-electron chi connectivity index (χ1n) is 8.27. The average molecular weight is 305 g/mol. The van der Waals surface area contributed by atoms with Crippen molar-refractivity contribution >= 4 is 10.8 Å². The summed E-state index contributed by atoms with van der Waals surface area (Å²) in [6, 6.07) is 23.5. The predicted octanol–water partition coefficient (Wildman–Crippen LogP) is 5.28. The van der Waals surface area contributed by atoms with Gasteiger partial charge in [0.15, 0.2) is 0 Å². The van der Waals surface area contributed by atoms with E-state index in [9.17, 15) is 0 Å². The van der Waals surface area contributed by atoms with Gasteiger partial charge in [-0.1, -0.05) is 80.6 Å². The second-order valence-corrected chi connectivity index (χ2v) is 5.57. The highest BCUT2D eigenvalue weighted by Gasteiger charge is 2.11. The maximum Gasteiger partial charge on any atom is 0.0947 e. The van der Waals surface area contributed by atoms with Gasteiger partial charge in [0, 0.05) is 13.1 Å². The molecule has 0 aromatic heterocycles. The van der Waals surface area contributed by atoms with E-state index < -0.39 is 0 Å². The van der Waals surface area contributed by atoms with Gasteiger partial charge in [-0.25, -0.2) is 0 Å². The second-order valence-electron chi connectivity index (χ2n) is 5.57. The van der Waals surface area contributed by atoms with Gasteiger partial charge in [-0.3, -0.25) is 4.84 Å². The van der Waals surface area contributed by atoms with Crippen LogP contribution in [0.4, 0.5) is 0 Å². The van der Waals surface area contributed by atoms with Crippen LogP contribution < -0.4 is 0 Å². The SMILES string of the molecule is CCN(CC)OCc1c(-c2ccccc2)ccc2ccccc12. The number of hydrogen-bond donors (Lipinski definition) is 0. The number of rotatable bonds is 6. The topological polar surface area (TPSA) is 12.5 Å². The molecule has 0 atom stereocenters. The van der Waals surface area contributed by atoms with E-state index in [1.54, 1.807) is 0 Å². The summed E-state index contributed by atoms with van der Waals surface area (Å²) in [5.74, 6) is 0. The zero-order chi connectivity index (χ0) is 16.1. The Morgan fingerprint density at radius 3 is 2.22 bits per heavy atom. The average Bonchev–Trinajstić information content (AvgIpc) is 2.63. The summed E-state index contributed by atoms with van der Waals surface area (Å²) in [5.41, 5.74) is 3.73. The van der Waals surface area contributed by atoms with Crippen LogP contribution in [0.5, 0.6) is 0 Å². The third-order valence-corrected chi connectivity index (χ3v) is 4.22. The van der Waals surface area contributed by atoms with Gasteiger partial charge in [-0.2, -0.15) is 5.06 Å². The van der Waals surface area contributed by atoms with E-state index >= 15 is 0 Å². The van der Waals surface area contributed by atoms with Crippen LogP contribution in [-0.4, -0.2) is 18.2 Å². The van der Waals surface area contributed by atoms with Crippen LogP contribution in [0, 0.1) is 0 Å². The third-order valence-electron chi connectivity index (χ3n) is 4.22. The number of nitrogens with zero attached hydrogens (tertiary/aromatic N) is 1. The van der Waals surface area contributed by atoms with Crippen LogP contribution in [0.15, 0.2) is 66.7 Å². The Labute approximate surface area is 138 Å². The van der Waals surface area contributed by atoms with Crippen molar-refractivity contribution in [2.45, 2.75) is 20.5 Å². The lowest BCUT2D eigenvalue weighted by molar-refractivity contribution is -0.162. The van der Waals surface area contributed by atoms with E-state index in [2.05, 4.69) is 80.6 Å². The molecule has 0 amide bonds. The molecule has 2 heteroatoms. The smallest absolute Gasteiger partial charge is 0.0947 e. The van der Waals surface area contributed by atoms with Crippen molar-refractivity contribution in [3.8, 4) is 11.1 Å². The molecule has 2 nitrogen and oxygen atoms in total. The Morgan fingerprint density at radius 1 is 0.783 bits per heavy atom. The normalized spacial score (nSPS) is 11.3. The standard InChI is InChI=1S/C21H23NO/c1-3-22(4-2)23-16-21-19-13-9-8-12-18(19)14-15-20(21)17-10-6-5-7-11-17/h5-15H,3-4,16H2,1-2H3. The van der Waals surface area contributed by atoms with E-state index in [0.717, 1.165) is 13.1 Å². The van der Waals surface area contributed by atoms with Gasteiger partial charge in [0.25, 0.3) is 0 Å². The number of hydrogen-bond acceptors (Lipinski definition) is 2. The van der Waals surface area contributed by atoms with Gasteiger partial charge < -0.3 is 0 Å². The molecule has 0 fully saturated rings. The van der Waals surface area contributed by atoms with Crippen molar-refractivity contribution in [3.63, 3.8) is 0 Å². The number of fused-ring (bicyclic) bond motifs is 1. The van der Waals surface area contributed by atoms with Gasteiger partial charge in [0.05, 0.1) is 6.61 Å². The lowest BCUT2D eigenvalue weighted by Gasteiger charge is -2.20. The van der Waals surface area contributed by atoms with Crippen LogP contribution in [0.1, 0.15) is 19.4 Å². The Morgan fingerprint density at radius 2 is 1.48 bits per heavy atom. The van der Waals surface area contributed by atoms with E-state index in [-0.39, 0.29) is 0 Å². The molecule has 3 aromatic carbocycles. The molecule has 0 saturated carbocycles. The highest BCUT2D eigenvalue weighted by Crippen LogP contribution is 2.31. The fourth-order valence-electron chi connectivity index (χ4n) is 2.94. The summed E-state index contributed by atoms with van der Waals surface area (Å²) in [5, 5.41) is 4.52. The summed E-state index contributed by atoms with van der Waals surface area (Å²) in [4.78, 5) is 6.03. The first-order valence-corrected chi connectivity index (χ1v) is 8.27. The molecule has 3 aromatic rings. The van der Waals surface area contributed by atoms with Crippen LogP contribution in [0.3, 0.4) is 0 Å². The summed E-state index contributed by atoms with van der Waals surface area (Å²) < 4.78 is 0. The lowest BCUT2D eigenvalue weighted by atomic mass is 9.95. The monoisotopic (exact) mass is 305 g/mol. The molecule has 0 radical (unpaired) electrons. The quantitative estimate of drug-likeness (QED) is 0.574. The van der Waals surface area contributed by atoms with Crippen molar-refractivity contribution < 1.29 is 4.84 Å². The lowest BCUT2D eigenvalue weighted by Crippen LogP contribution is -2.23. The number of benzene rings is 3. The minimum atomic E-state index is 0.591. The molecule has 3 rings (SSSR count). The molecule has 23 heavy (non-hydrogen) atoms. The maximum absolute atomic E-state index is 6.03. The molecule has 0 spiro atoms. The minimum absolute atomic E-state index is 0.591. The fourth-order valence-corrected chi connectivity index (χ4v) is 2.94. The van der Waals surface area contributed by atoms with Crippen LogP contribution in [0.25, 0.3) is 21.9 Å². The molecule has 118 valence electrons. The Kier molecular flexibility index (Phi) is 5.06. The second kappa shape index (κ2) is 7.40. The molecule has 0 bridgehead atoms. The van der Waals surface area contributed by atoms with Crippen molar-refractivity contribution in [3.05, 3.63) is 72.3 Å². The highest BCUT2D eigenvalue weighted by atomic mass is 16.7.